The Morgan fingerprint density at radius 3 is 2.09 bits per heavy atom. The summed E-state index contributed by atoms with van der Waals surface area (Å²) < 4.78 is 0. The summed E-state index contributed by atoms with van der Waals surface area (Å²) in [6.07, 6.45) is 0. The summed E-state index contributed by atoms with van der Waals surface area (Å²) in [5, 5.41) is 13.3. The summed E-state index contributed by atoms with van der Waals surface area (Å²) in [6, 6.07) is 28.0. The van der Waals surface area contributed by atoms with E-state index in [9.17, 15) is 9.90 Å². The van der Waals surface area contributed by atoms with Gasteiger partial charge in [0, 0.05) is 32.7 Å². The van der Waals surface area contributed by atoms with Crippen molar-refractivity contribution in [2.45, 2.75) is 25.6 Å². The second-order valence-corrected chi connectivity index (χ2v) is 8.70. The van der Waals surface area contributed by atoms with Crippen molar-refractivity contribution < 1.29 is 9.90 Å². The Morgan fingerprint density at radius 1 is 0.848 bits per heavy atom. The minimum absolute atomic E-state index is 0.0193. The smallest absolute Gasteiger partial charge is 0.242 e. The number of aliphatic hydroxyl groups is 1. The van der Waals surface area contributed by atoms with Gasteiger partial charge in [0.05, 0.1) is 12.6 Å². The fraction of sp³-hybridized carbons (Fsp3) is 0.321. The first-order valence-electron chi connectivity index (χ1n) is 11.7. The second-order valence-electron chi connectivity index (χ2n) is 8.70. The van der Waals surface area contributed by atoms with Gasteiger partial charge in [0.2, 0.25) is 5.91 Å². The second kappa shape index (κ2) is 11.2. The van der Waals surface area contributed by atoms with E-state index >= 15 is 0 Å². The monoisotopic (exact) mass is 443 g/mol. The van der Waals surface area contributed by atoms with Crippen LogP contribution in [0.4, 0.5) is 0 Å². The Morgan fingerprint density at radius 2 is 1.45 bits per heavy atom. The summed E-state index contributed by atoms with van der Waals surface area (Å²) in [5.74, 6) is 0.0240. The van der Waals surface area contributed by atoms with Crippen molar-refractivity contribution in [3.05, 3.63) is 107 Å². The molecule has 0 saturated carbocycles. The molecule has 1 amide bonds. The molecule has 0 radical (unpaired) electrons. The van der Waals surface area contributed by atoms with Crippen LogP contribution >= 0.6 is 0 Å². The fourth-order valence-electron chi connectivity index (χ4n) is 4.66. The fourth-order valence-corrected chi connectivity index (χ4v) is 4.66. The maximum absolute atomic E-state index is 13.3. The molecule has 1 fully saturated rings. The number of nitrogens with one attached hydrogen (secondary N) is 1. The molecule has 5 nitrogen and oxygen atoms in total. The lowest BCUT2D eigenvalue weighted by atomic mass is 10.0. The van der Waals surface area contributed by atoms with Crippen LogP contribution in [0.25, 0.3) is 0 Å². The van der Waals surface area contributed by atoms with Gasteiger partial charge in [-0.25, -0.2) is 0 Å². The minimum Gasteiger partial charge on any atom is -0.394 e. The number of aryl methyl sites for hydroxylation is 1. The van der Waals surface area contributed by atoms with Crippen LogP contribution in [0, 0.1) is 6.92 Å². The standard InChI is InChI=1S/C28H33N3O2/c1-22-9-8-14-25(19-22)26(21-32)30-15-17-31(18-16-30)27(24-12-6-3-7-13-24)28(33)29-20-23-10-4-2-5-11-23/h2-14,19,26-27,32H,15-18,20-21H2,1H3,(H,29,33). The van der Waals surface area contributed by atoms with Crippen LogP contribution in [0.5, 0.6) is 0 Å². The van der Waals surface area contributed by atoms with Crippen molar-refractivity contribution >= 4 is 5.91 Å². The molecule has 3 aromatic carbocycles. The Labute approximate surface area is 196 Å². The molecule has 0 spiro atoms. The molecule has 3 aromatic rings. The molecule has 0 aliphatic carbocycles. The lowest BCUT2D eigenvalue weighted by molar-refractivity contribution is -0.128. The summed E-state index contributed by atoms with van der Waals surface area (Å²) in [6.45, 7) is 5.81. The van der Waals surface area contributed by atoms with Gasteiger partial charge in [-0.15, -0.1) is 0 Å². The number of piperazine rings is 1. The maximum atomic E-state index is 13.3. The highest BCUT2D eigenvalue weighted by Gasteiger charge is 2.32. The highest BCUT2D eigenvalue weighted by Crippen LogP contribution is 2.27. The summed E-state index contributed by atoms with van der Waals surface area (Å²) >= 11 is 0. The van der Waals surface area contributed by atoms with Crippen molar-refractivity contribution in [1.29, 1.82) is 0 Å². The molecule has 2 atom stereocenters. The molecule has 2 unspecified atom stereocenters. The van der Waals surface area contributed by atoms with Gasteiger partial charge in [-0.2, -0.15) is 0 Å². The van der Waals surface area contributed by atoms with Gasteiger partial charge >= 0.3 is 0 Å². The zero-order valence-corrected chi connectivity index (χ0v) is 19.2. The van der Waals surface area contributed by atoms with Gasteiger partial charge in [-0.3, -0.25) is 14.6 Å². The maximum Gasteiger partial charge on any atom is 0.242 e. The van der Waals surface area contributed by atoms with Gasteiger partial charge in [0.1, 0.15) is 6.04 Å². The third-order valence-corrected chi connectivity index (χ3v) is 6.43. The van der Waals surface area contributed by atoms with Crippen molar-refractivity contribution in [2.75, 3.05) is 32.8 Å². The molecular formula is C28H33N3O2. The van der Waals surface area contributed by atoms with E-state index in [-0.39, 0.29) is 24.6 Å². The lowest BCUT2D eigenvalue weighted by Gasteiger charge is -2.41. The number of amides is 1. The Hall–Kier alpha value is -2.99. The topological polar surface area (TPSA) is 55.8 Å². The number of hydrogen-bond donors (Lipinski definition) is 2. The number of carbonyl (C=O) groups excluding carboxylic acids is 1. The quantitative estimate of drug-likeness (QED) is 0.557. The van der Waals surface area contributed by atoms with Crippen LogP contribution in [0.15, 0.2) is 84.9 Å². The van der Waals surface area contributed by atoms with E-state index in [2.05, 4.69) is 40.2 Å². The normalized spacial score (nSPS) is 16.8. The predicted octanol–water partition coefficient (Wildman–Crippen LogP) is 3.70. The van der Waals surface area contributed by atoms with Gasteiger partial charge in [-0.1, -0.05) is 90.5 Å². The largest absolute Gasteiger partial charge is 0.394 e. The third-order valence-electron chi connectivity index (χ3n) is 6.43. The first-order chi connectivity index (χ1) is 16.2. The van der Waals surface area contributed by atoms with E-state index in [4.69, 9.17) is 0 Å². The molecule has 1 aliphatic heterocycles. The third kappa shape index (κ3) is 5.88. The number of carbonyl (C=O) groups is 1. The Kier molecular flexibility index (Phi) is 7.89. The van der Waals surface area contributed by atoms with E-state index in [0.29, 0.717) is 6.54 Å². The molecule has 172 valence electrons. The SMILES string of the molecule is Cc1cccc(C(CO)N2CCN(C(C(=O)NCc3ccccc3)c3ccccc3)CC2)c1. The van der Waals surface area contributed by atoms with Gasteiger partial charge in [0.15, 0.2) is 0 Å². The van der Waals surface area contributed by atoms with Gasteiger partial charge in [0.25, 0.3) is 0 Å². The number of hydrogen-bond acceptors (Lipinski definition) is 4. The molecule has 1 saturated heterocycles. The van der Waals surface area contributed by atoms with E-state index in [0.717, 1.165) is 42.9 Å². The van der Waals surface area contributed by atoms with Crippen molar-refractivity contribution in [2.24, 2.45) is 0 Å². The van der Waals surface area contributed by atoms with Crippen molar-refractivity contribution in [3.8, 4) is 0 Å². The first-order valence-corrected chi connectivity index (χ1v) is 11.7. The van der Waals surface area contributed by atoms with E-state index < -0.39 is 0 Å². The van der Waals surface area contributed by atoms with Crippen LogP contribution in [-0.2, 0) is 11.3 Å². The zero-order chi connectivity index (χ0) is 23.0. The predicted molar refractivity (Wildman–Crippen MR) is 132 cm³/mol. The average Bonchev–Trinajstić information content (AvgIpc) is 2.86. The van der Waals surface area contributed by atoms with Crippen LogP contribution in [-0.4, -0.2) is 53.6 Å². The molecule has 2 N–H and O–H groups in total. The van der Waals surface area contributed by atoms with Gasteiger partial charge < -0.3 is 10.4 Å². The summed E-state index contributed by atoms with van der Waals surface area (Å²) in [4.78, 5) is 17.9. The highest BCUT2D eigenvalue weighted by molar-refractivity contribution is 5.83. The molecule has 33 heavy (non-hydrogen) atoms. The molecule has 4 rings (SSSR count). The van der Waals surface area contributed by atoms with E-state index in [1.54, 1.807) is 0 Å². The lowest BCUT2D eigenvalue weighted by Crippen LogP contribution is -2.52. The Bertz CT molecular complexity index is 1020. The number of aliphatic hydroxyl groups excluding tert-OH is 1. The van der Waals surface area contributed by atoms with E-state index in [1.165, 1.54) is 5.56 Å². The minimum atomic E-state index is -0.330. The van der Waals surface area contributed by atoms with Crippen LogP contribution in [0.1, 0.15) is 34.3 Å². The highest BCUT2D eigenvalue weighted by atomic mass is 16.3. The zero-order valence-electron chi connectivity index (χ0n) is 19.2. The molecule has 1 heterocycles. The van der Waals surface area contributed by atoms with Crippen molar-refractivity contribution in [1.82, 2.24) is 15.1 Å². The Balaban J connectivity index is 1.45. The van der Waals surface area contributed by atoms with Crippen LogP contribution < -0.4 is 5.32 Å². The first kappa shape index (κ1) is 23.2. The number of nitrogens with zero attached hydrogens (tertiary/aromatic N) is 2. The summed E-state index contributed by atoms with van der Waals surface area (Å²) in [5.41, 5.74) is 4.44. The van der Waals surface area contributed by atoms with E-state index in [1.807, 2.05) is 66.7 Å². The number of rotatable bonds is 8. The molecular weight excluding hydrogens is 410 g/mol. The number of benzene rings is 3. The van der Waals surface area contributed by atoms with Crippen LogP contribution in [0.3, 0.4) is 0 Å². The van der Waals surface area contributed by atoms with Crippen LogP contribution in [0.2, 0.25) is 0 Å². The molecule has 0 bridgehead atoms. The molecule has 0 aromatic heterocycles. The molecule has 1 aliphatic rings. The molecule has 5 heteroatoms. The van der Waals surface area contributed by atoms with Gasteiger partial charge in [-0.05, 0) is 23.6 Å². The average molecular weight is 444 g/mol. The summed E-state index contributed by atoms with van der Waals surface area (Å²) in [7, 11) is 0. The van der Waals surface area contributed by atoms with Crippen molar-refractivity contribution in [3.63, 3.8) is 0 Å².